The van der Waals surface area contributed by atoms with Gasteiger partial charge in [0.1, 0.15) is 0 Å². The molecular weight excluding hydrogens is 230 g/mol. The van der Waals surface area contributed by atoms with Crippen LogP contribution in [0.25, 0.3) is 0 Å². The van der Waals surface area contributed by atoms with Crippen LogP contribution in [0.4, 0.5) is 0 Å². The molecule has 2 atom stereocenters. The normalized spacial score (nSPS) is 23.1. The summed E-state index contributed by atoms with van der Waals surface area (Å²) < 4.78 is 0. The third kappa shape index (κ3) is 5.01. The standard InChI is InChI=1S/C14H30P2/c1-14(2,3)16(5)12-11-15(4)13-9-7-6-8-10-13/h13H,6-12H2,1-5H3. The summed E-state index contributed by atoms with van der Waals surface area (Å²) in [5.41, 5.74) is 1.12. The Hall–Kier alpha value is 0.860. The molecular formula is C14H30P2. The fourth-order valence-corrected chi connectivity index (χ4v) is 7.09. The summed E-state index contributed by atoms with van der Waals surface area (Å²) in [7, 11) is 0.579. The first-order chi connectivity index (χ1) is 7.41. The minimum absolute atomic E-state index is 0.241. The van der Waals surface area contributed by atoms with Gasteiger partial charge in [-0.1, -0.05) is 40.0 Å². The van der Waals surface area contributed by atoms with Gasteiger partial charge in [0.05, 0.1) is 0 Å². The molecule has 1 aliphatic carbocycles. The third-order valence-corrected chi connectivity index (χ3v) is 10.4. The van der Waals surface area contributed by atoms with Gasteiger partial charge in [-0.25, -0.2) is 0 Å². The molecule has 0 aromatic rings. The molecule has 2 heteroatoms. The topological polar surface area (TPSA) is 0 Å². The molecule has 1 aliphatic rings. The summed E-state index contributed by atoms with van der Waals surface area (Å²) in [6.45, 7) is 12.3. The molecule has 0 N–H and O–H groups in total. The lowest BCUT2D eigenvalue weighted by molar-refractivity contribution is 0.511. The van der Waals surface area contributed by atoms with Gasteiger partial charge in [-0.15, -0.1) is 15.8 Å². The van der Waals surface area contributed by atoms with Gasteiger partial charge in [0.15, 0.2) is 0 Å². The van der Waals surface area contributed by atoms with Crippen LogP contribution in [-0.2, 0) is 0 Å². The van der Waals surface area contributed by atoms with Crippen molar-refractivity contribution in [1.82, 2.24) is 0 Å². The largest absolute Gasteiger partial charge is 0.106 e. The lowest BCUT2D eigenvalue weighted by Crippen LogP contribution is -2.16. The van der Waals surface area contributed by atoms with Crippen LogP contribution in [0.1, 0.15) is 52.9 Å². The van der Waals surface area contributed by atoms with Crippen molar-refractivity contribution >= 4 is 15.8 Å². The zero-order chi connectivity index (χ0) is 12.2. The molecule has 0 bridgehead atoms. The number of hydrogen-bond acceptors (Lipinski definition) is 0. The number of hydrogen-bond donors (Lipinski definition) is 0. The molecule has 1 fully saturated rings. The van der Waals surface area contributed by atoms with Crippen molar-refractivity contribution in [2.24, 2.45) is 0 Å². The molecule has 0 radical (unpaired) electrons. The highest BCUT2D eigenvalue weighted by molar-refractivity contribution is 7.62. The predicted molar refractivity (Wildman–Crippen MR) is 82.0 cm³/mol. The molecule has 1 saturated carbocycles. The summed E-state index contributed by atoms with van der Waals surface area (Å²) in [5.74, 6) is 0. The Morgan fingerprint density at radius 1 is 0.938 bits per heavy atom. The predicted octanol–water partition coefficient (Wildman–Crippen LogP) is 5.34. The van der Waals surface area contributed by atoms with Crippen LogP contribution < -0.4 is 0 Å². The lowest BCUT2D eigenvalue weighted by atomic mass is 10.0. The molecule has 16 heavy (non-hydrogen) atoms. The van der Waals surface area contributed by atoms with Crippen molar-refractivity contribution in [2.45, 2.75) is 63.7 Å². The van der Waals surface area contributed by atoms with Crippen LogP contribution in [0.3, 0.4) is 0 Å². The Morgan fingerprint density at radius 3 is 2.00 bits per heavy atom. The van der Waals surface area contributed by atoms with Crippen LogP contribution in [-0.4, -0.2) is 36.5 Å². The van der Waals surface area contributed by atoms with Crippen LogP contribution in [0.15, 0.2) is 0 Å². The molecule has 0 amide bonds. The lowest BCUT2D eigenvalue weighted by Gasteiger charge is -2.32. The molecule has 0 aliphatic heterocycles. The van der Waals surface area contributed by atoms with E-state index in [1.165, 1.54) is 25.4 Å². The summed E-state index contributed by atoms with van der Waals surface area (Å²) in [5, 5.41) is 0.568. The second kappa shape index (κ2) is 6.70. The quantitative estimate of drug-likeness (QED) is 0.598. The Labute approximate surface area is 105 Å². The molecule has 0 heterocycles. The fourth-order valence-electron chi connectivity index (χ4n) is 2.35. The van der Waals surface area contributed by atoms with Crippen molar-refractivity contribution in [3.63, 3.8) is 0 Å². The van der Waals surface area contributed by atoms with Gasteiger partial charge in [-0.2, -0.15) is 0 Å². The van der Waals surface area contributed by atoms with E-state index >= 15 is 0 Å². The maximum absolute atomic E-state index is 2.57. The van der Waals surface area contributed by atoms with Crippen molar-refractivity contribution in [3.05, 3.63) is 0 Å². The van der Waals surface area contributed by atoms with Gasteiger partial charge in [-0.3, -0.25) is 0 Å². The smallest absolute Gasteiger partial charge is 0.0182 e. The minimum Gasteiger partial charge on any atom is -0.106 e. The Balaban J connectivity index is 2.26. The van der Waals surface area contributed by atoms with Crippen molar-refractivity contribution in [2.75, 3.05) is 25.7 Å². The van der Waals surface area contributed by atoms with Crippen LogP contribution >= 0.6 is 15.8 Å². The average Bonchev–Trinajstić information content (AvgIpc) is 2.25. The summed E-state index contributed by atoms with van der Waals surface area (Å²) >= 11 is 0. The average molecular weight is 260 g/mol. The summed E-state index contributed by atoms with van der Waals surface area (Å²) in [4.78, 5) is 0. The monoisotopic (exact) mass is 260 g/mol. The Bertz CT molecular complexity index is 189. The van der Waals surface area contributed by atoms with E-state index < -0.39 is 0 Å². The zero-order valence-corrected chi connectivity index (χ0v) is 13.7. The first kappa shape index (κ1) is 14.9. The highest BCUT2D eigenvalue weighted by atomic mass is 31.1. The maximum Gasteiger partial charge on any atom is -0.0182 e. The second-order valence-corrected chi connectivity index (χ2v) is 12.2. The number of rotatable bonds is 4. The van der Waals surface area contributed by atoms with Gasteiger partial charge in [-0.05, 0) is 49.3 Å². The molecule has 2 unspecified atom stereocenters. The van der Waals surface area contributed by atoms with E-state index in [4.69, 9.17) is 0 Å². The highest BCUT2D eigenvalue weighted by Crippen LogP contribution is 2.51. The Morgan fingerprint density at radius 2 is 1.50 bits per heavy atom. The zero-order valence-electron chi connectivity index (χ0n) is 11.9. The molecule has 0 saturated heterocycles. The molecule has 0 aromatic heterocycles. The first-order valence-electron chi connectivity index (χ1n) is 6.83. The van der Waals surface area contributed by atoms with E-state index in [-0.39, 0.29) is 7.92 Å². The van der Waals surface area contributed by atoms with E-state index in [1.54, 1.807) is 19.0 Å². The maximum atomic E-state index is 2.57. The Kier molecular flexibility index (Phi) is 6.25. The van der Waals surface area contributed by atoms with E-state index in [0.717, 1.165) is 5.66 Å². The fraction of sp³-hybridized carbons (Fsp3) is 1.00. The van der Waals surface area contributed by atoms with E-state index in [9.17, 15) is 0 Å². The van der Waals surface area contributed by atoms with Gasteiger partial charge >= 0.3 is 0 Å². The van der Waals surface area contributed by atoms with Crippen LogP contribution in [0.5, 0.6) is 0 Å². The minimum atomic E-state index is 0.241. The summed E-state index contributed by atoms with van der Waals surface area (Å²) in [6.07, 6.45) is 10.7. The summed E-state index contributed by atoms with van der Waals surface area (Å²) in [6, 6.07) is 0. The van der Waals surface area contributed by atoms with Crippen LogP contribution in [0.2, 0.25) is 0 Å². The second-order valence-electron chi connectivity index (χ2n) is 6.36. The third-order valence-electron chi connectivity index (χ3n) is 4.13. The van der Waals surface area contributed by atoms with Gasteiger partial charge < -0.3 is 0 Å². The van der Waals surface area contributed by atoms with Gasteiger partial charge in [0, 0.05) is 0 Å². The molecule has 96 valence electrons. The molecule has 0 spiro atoms. The highest BCUT2D eigenvalue weighted by Gasteiger charge is 2.23. The van der Waals surface area contributed by atoms with Gasteiger partial charge in [0.2, 0.25) is 0 Å². The van der Waals surface area contributed by atoms with E-state index in [2.05, 4.69) is 34.1 Å². The molecule has 0 aromatic carbocycles. The first-order valence-corrected chi connectivity index (χ1v) is 10.8. The van der Waals surface area contributed by atoms with E-state index in [0.29, 0.717) is 13.1 Å². The van der Waals surface area contributed by atoms with Crippen molar-refractivity contribution in [3.8, 4) is 0 Å². The van der Waals surface area contributed by atoms with Gasteiger partial charge in [0.25, 0.3) is 0 Å². The molecule has 1 rings (SSSR count). The van der Waals surface area contributed by atoms with Crippen molar-refractivity contribution in [1.29, 1.82) is 0 Å². The SMILES string of the molecule is CP(CCP(C)C(C)(C)C)C1CCCCC1. The van der Waals surface area contributed by atoms with Crippen molar-refractivity contribution < 1.29 is 0 Å². The molecule has 0 nitrogen and oxygen atoms in total. The van der Waals surface area contributed by atoms with E-state index in [1.807, 2.05) is 0 Å². The van der Waals surface area contributed by atoms with Crippen LogP contribution in [0, 0.1) is 0 Å².